The number of hydrogen-bond acceptors (Lipinski definition) is 5. The third-order valence-corrected chi connectivity index (χ3v) is 2.89. The van der Waals surface area contributed by atoms with Crippen LogP contribution in [0.25, 0.3) is 0 Å². The summed E-state index contributed by atoms with van der Waals surface area (Å²) in [5.74, 6) is 2.30. The van der Waals surface area contributed by atoms with E-state index in [1.165, 1.54) is 6.33 Å². The quantitative estimate of drug-likeness (QED) is 0.835. The van der Waals surface area contributed by atoms with Gasteiger partial charge in [-0.2, -0.15) is 0 Å². The van der Waals surface area contributed by atoms with Crippen LogP contribution >= 0.6 is 0 Å². The van der Waals surface area contributed by atoms with E-state index in [1.54, 1.807) is 6.20 Å². The minimum Gasteiger partial charge on any atom is -0.478 e. The molecule has 0 spiro atoms. The maximum Gasteiger partial charge on any atom is 0.221 e. The van der Waals surface area contributed by atoms with Crippen molar-refractivity contribution >= 4 is 5.82 Å². The first-order valence-electron chi connectivity index (χ1n) is 6.46. The van der Waals surface area contributed by atoms with Crippen molar-refractivity contribution in [2.24, 2.45) is 0 Å². The minimum absolute atomic E-state index is 0.0954. The van der Waals surface area contributed by atoms with E-state index in [9.17, 15) is 0 Å². The number of aromatic amines is 1. The number of aromatic nitrogens is 4. The highest BCUT2D eigenvalue weighted by Crippen LogP contribution is 2.25. The molecule has 2 rings (SSSR count). The Kier molecular flexibility index (Phi) is 4.33. The van der Waals surface area contributed by atoms with E-state index in [4.69, 9.17) is 4.74 Å². The number of ether oxygens (including phenoxy) is 1. The van der Waals surface area contributed by atoms with E-state index in [1.807, 2.05) is 20.0 Å². The Labute approximate surface area is 112 Å². The predicted molar refractivity (Wildman–Crippen MR) is 73.2 cm³/mol. The molecule has 0 aliphatic rings. The summed E-state index contributed by atoms with van der Waals surface area (Å²) in [5, 5.41) is 3.37. The van der Waals surface area contributed by atoms with Gasteiger partial charge in [-0.05, 0) is 20.3 Å². The van der Waals surface area contributed by atoms with Crippen molar-refractivity contribution < 1.29 is 4.74 Å². The summed E-state index contributed by atoms with van der Waals surface area (Å²) < 4.78 is 5.47. The largest absolute Gasteiger partial charge is 0.478 e. The summed E-state index contributed by atoms with van der Waals surface area (Å²) in [6.07, 6.45) is 5.98. The maximum atomic E-state index is 5.47. The van der Waals surface area contributed by atoms with E-state index in [2.05, 4.69) is 32.2 Å². The van der Waals surface area contributed by atoms with E-state index in [0.29, 0.717) is 12.5 Å². The summed E-state index contributed by atoms with van der Waals surface area (Å²) in [5.41, 5.74) is 0.911. The monoisotopic (exact) mass is 261 g/mol. The van der Waals surface area contributed by atoms with Gasteiger partial charge in [0.15, 0.2) is 0 Å². The fraction of sp³-hybridized carbons (Fsp3) is 0.462. The highest BCUT2D eigenvalue weighted by atomic mass is 16.5. The number of anilines is 1. The SMILES string of the molecule is CCOc1ncnc(NC(CC)c2ncc[nH]2)c1C. The van der Waals surface area contributed by atoms with Gasteiger partial charge in [-0.3, -0.25) is 0 Å². The zero-order valence-corrected chi connectivity index (χ0v) is 11.5. The molecule has 1 unspecified atom stereocenters. The van der Waals surface area contributed by atoms with Gasteiger partial charge in [0, 0.05) is 12.4 Å². The molecule has 0 aliphatic heterocycles. The standard InChI is InChI=1S/C13H19N5O/c1-4-10(12-14-6-7-15-12)18-11-9(3)13(19-5-2)17-8-16-11/h6-8,10H,4-5H2,1-3H3,(H,14,15)(H,16,17,18). The van der Waals surface area contributed by atoms with Gasteiger partial charge >= 0.3 is 0 Å². The predicted octanol–water partition coefficient (Wildman–Crippen LogP) is 2.47. The molecule has 0 amide bonds. The van der Waals surface area contributed by atoms with Crippen molar-refractivity contribution in [3.8, 4) is 5.88 Å². The van der Waals surface area contributed by atoms with Crippen LogP contribution in [0, 0.1) is 6.92 Å². The second-order valence-corrected chi connectivity index (χ2v) is 4.17. The van der Waals surface area contributed by atoms with Gasteiger partial charge in [-0.15, -0.1) is 0 Å². The summed E-state index contributed by atoms with van der Waals surface area (Å²) in [4.78, 5) is 15.8. The summed E-state index contributed by atoms with van der Waals surface area (Å²) in [7, 11) is 0. The Morgan fingerprint density at radius 1 is 1.32 bits per heavy atom. The lowest BCUT2D eigenvalue weighted by Gasteiger charge is -2.17. The Morgan fingerprint density at radius 3 is 2.79 bits per heavy atom. The van der Waals surface area contributed by atoms with Gasteiger partial charge in [0.1, 0.15) is 18.0 Å². The number of nitrogens with zero attached hydrogens (tertiary/aromatic N) is 3. The lowest BCUT2D eigenvalue weighted by atomic mass is 10.2. The van der Waals surface area contributed by atoms with Crippen LogP contribution in [0.5, 0.6) is 5.88 Å². The zero-order valence-electron chi connectivity index (χ0n) is 11.5. The fourth-order valence-electron chi connectivity index (χ4n) is 1.86. The molecule has 2 aromatic heterocycles. The molecular formula is C13H19N5O. The number of nitrogens with one attached hydrogen (secondary N) is 2. The van der Waals surface area contributed by atoms with Gasteiger partial charge in [0.25, 0.3) is 0 Å². The number of hydrogen-bond donors (Lipinski definition) is 2. The van der Waals surface area contributed by atoms with E-state index in [-0.39, 0.29) is 6.04 Å². The molecule has 0 fully saturated rings. The molecule has 2 heterocycles. The van der Waals surface area contributed by atoms with Crippen LogP contribution in [0.1, 0.15) is 37.7 Å². The maximum absolute atomic E-state index is 5.47. The molecule has 6 nitrogen and oxygen atoms in total. The van der Waals surface area contributed by atoms with Crippen LogP contribution in [0.4, 0.5) is 5.82 Å². The molecule has 0 saturated carbocycles. The van der Waals surface area contributed by atoms with Gasteiger partial charge in [-0.1, -0.05) is 6.92 Å². The second-order valence-electron chi connectivity index (χ2n) is 4.17. The van der Waals surface area contributed by atoms with E-state index < -0.39 is 0 Å². The molecule has 1 atom stereocenters. The van der Waals surface area contributed by atoms with Gasteiger partial charge in [-0.25, -0.2) is 15.0 Å². The van der Waals surface area contributed by atoms with Crippen LogP contribution in [0.2, 0.25) is 0 Å². The molecule has 19 heavy (non-hydrogen) atoms. The van der Waals surface area contributed by atoms with Crippen molar-refractivity contribution in [3.63, 3.8) is 0 Å². The topological polar surface area (TPSA) is 75.7 Å². The van der Waals surface area contributed by atoms with Crippen LogP contribution in [-0.2, 0) is 0 Å². The third-order valence-electron chi connectivity index (χ3n) is 2.89. The Morgan fingerprint density at radius 2 is 2.16 bits per heavy atom. The highest BCUT2D eigenvalue weighted by molar-refractivity contribution is 5.48. The van der Waals surface area contributed by atoms with Gasteiger partial charge in [0.2, 0.25) is 5.88 Å². The summed E-state index contributed by atoms with van der Waals surface area (Å²) >= 11 is 0. The second kappa shape index (κ2) is 6.17. The molecular weight excluding hydrogens is 242 g/mol. The van der Waals surface area contributed by atoms with E-state index >= 15 is 0 Å². The molecule has 6 heteroatoms. The molecule has 2 aromatic rings. The molecule has 0 saturated heterocycles. The zero-order chi connectivity index (χ0) is 13.7. The van der Waals surface area contributed by atoms with Crippen molar-refractivity contribution in [1.82, 2.24) is 19.9 Å². The normalized spacial score (nSPS) is 12.2. The Balaban J connectivity index is 2.20. The Hall–Kier alpha value is -2.11. The van der Waals surface area contributed by atoms with Gasteiger partial charge in [0.05, 0.1) is 18.2 Å². The first-order valence-corrected chi connectivity index (χ1v) is 6.46. The third kappa shape index (κ3) is 3.01. The molecule has 2 N–H and O–H groups in total. The average Bonchev–Trinajstić information content (AvgIpc) is 2.94. The fourth-order valence-corrected chi connectivity index (χ4v) is 1.86. The van der Waals surface area contributed by atoms with Crippen LogP contribution in [0.3, 0.4) is 0 Å². The lowest BCUT2D eigenvalue weighted by molar-refractivity contribution is 0.323. The summed E-state index contributed by atoms with van der Waals surface area (Å²) in [6, 6.07) is 0.0954. The van der Waals surface area contributed by atoms with Crippen molar-refractivity contribution in [2.75, 3.05) is 11.9 Å². The first kappa shape index (κ1) is 13.3. The highest BCUT2D eigenvalue weighted by Gasteiger charge is 2.15. The van der Waals surface area contributed by atoms with Crippen LogP contribution in [-0.4, -0.2) is 26.5 Å². The van der Waals surface area contributed by atoms with Crippen LogP contribution in [0.15, 0.2) is 18.7 Å². The lowest BCUT2D eigenvalue weighted by Crippen LogP contribution is -2.14. The van der Waals surface area contributed by atoms with Gasteiger partial charge < -0.3 is 15.0 Å². The first-order chi connectivity index (χ1) is 9.26. The molecule has 0 bridgehead atoms. The number of imidazole rings is 1. The molecule has 0 aromatic carbocycles. The number of rotatable bonds is 6. The van der Waals surface area contributed by atoms with Crippen molar-refractivity contribution in [2.45, 2.75) is 33.2 Å². The average molecular weight is 261 g/mol. The Bertz CT molecular complexity index is 512. The number of H-pyrrole nitrogens is 1. The van der Waals surface area contributed by atoms with Crippen LogP contribution < -0.4 is 10.1 Å². The minimum atomic E-state index is 0.0954. The smallest absolute Gasteiger partial charge is 0.221 e. The van der Waals surface area contributed by atoms with E-state index in [0.717, 1.165) is 23.6 Å². The molecule has 0 aliphatic carbocycles. The van der Waals surface area contributed by atoms with Crippen molar-refractivity contribution in [3.05, 3.63) is 30.1 Å². The van der Waals surface area contributed by atoms with Crippen molar-refractivity contribution in [1.29, 1.82) is 0 Å². The molecule has 0 radical (unpaired) electrons. The summed E-state index contributed by atoms with van der Waals surface area (Å²) in [6.45, 7) is 6.57. The molecule has 102 valence electrons.